The minimum absolute atomic E-state index is 0. The summed E-state index contributed by atoms with van der Waals surface area (Å²) in [4.78, 5) is 0. The Kier molecular flexibility index (Phi) is 210. The highest BCUT2D eigenvalue weighted by atomic mass is 31.1. The van der Waals surface area contributed by atoms with Crippen molar-refractivity contribution in [1.82, 2.24) is 0 Å². The van der Waals surface area contributed by atoms with E-state index in [9.17, 15) is 0 Å². The predicted molar refractivity (Wildman–Crippen MR) is 93.1 cm³/mol. The van der Waals surface area contributed by atoms with Gasteiger partial charge in [-0.1, -0.05) is 22.3 Å². The zero-order valence-corrected chi connectivity index (χ0v) is 12.5. The molecule has 0 aliphatic rings. The molecule has 6 heteroatoms. The van der Waals surface area contributed by atoms with Crippen molar-refractivity contribution < 1.29 is 0 Å². The first kappa shape index (κ1) is 36.5. The third-order valence-electron chi connectivity index (χ3n) is 0. The lowest BCUT2D eigenvalue weighted by atomic mass is 11.9. The van der Waals surface area contributed by atoms with Crippen LogP contribution in [0.15, 0.2) is 0 Å². The van der Waals surface area contributed by atoms with Crippen LogP contribution in [0.3, 0.4) is 0 Å². The van der Waals surface area contributed by atoms with Gasteiger partial charge in [0.05, 0.1) is 0 Å². The molecule has 0 aliphatic heterocycles. The molecular formula is C6H30P6. The molecule has 0 nitrogen and oxygen atoms in total. The molecule has 6 atom stereocenters. The van der Waals surface area contributed by atoms with E-state index in [0.29, 0.717) is 0 Å². The van der Waals surface area contributed by atoms with Crippen LogP contribution in [0.1, 0.15) is 22.3 Å². The summed E-state index contributed by atoms with van der Waals surface area (Å²) in [5.74, 6) is 3.25. The molecule has 12 heavy (non-hydrogen) atoms. The quantitative estimate of drug-likeness (QED) is 0.591. The van der Waals surface area contributed by atoms with Gasteiger partial charge in [0, 0.05) is 0 Å². The average molecular weight is 288 g/mol. The van der Waals surface area contributed by atoms with Gasteiger partial charge in [-0.2, -0.15) is 0 Å². The van der Waals surface area contributed by atoms with Crippen molar-refractivity contribution in [2.45, 2.75) is 22.3 Å². The van der Waals surface area contributed by atoms with Crippen LogP contribution < -0.4 is 0 Å². The van der Waals surface area contributed by atoms with Gasteiger partial charge in [-0.15, -0.1) is 55.4 Å². The first-order chi connectivity index (χ1) is 4.24. The van der Waals surface area contributed by atoms with E-state index in [1.54, 1.807) is 0 Å². The fraction of sp³-hybridized carbons (Fsp3) is 1.00. The molecule has 6 unspecified atom stereocenters. The average Bonchev–Trinajstić information content (AvgIpc) is 1.70. The summed E-state index contributed by atoms with van der Waals surface area (Å²) in [5.41, 5.74) is 0. The predicted octanol–water partition coefficient (Wildman–Crippen LogP) is 3.99. The summed E-state index contributed by atoms with van der Waals surface area (Å²) in [7, 11) is 15.2. The molecule has 0 aliphatic carbocycles. The molecule has 0 aromatic carbocycles. The Morgan fingerprint density at radius 2 is 0.417 bits per heavy atom. The van der Waals surface area contributed by atoms with Crippen molar-refractivity contribution in [3.05, 3.63) is 0 Å². The van der Waals surface area contributed by atoms with Crippen molar-refractivity contribution in [1.29, 1.82) is 0 Å². The van der Waals surface area contributed by atoms with Gasteiger partial charge >= 0.3 is 0 Å². The maximum absolute atomic E-state index is 2.54. The van der Waals surface area contributed by atoms with Gasteiger partial charge in [-0.25, -0.2) is 0 Å². The minimum atomic E-state index is 0. The molecule has 0 amide bonds. The van der Waals surface area contributed by atoms with Gasteiger partial charge in [0.15, 0.2) is 0 Å². The highest BCUT2D eigenvalue weighted by Gasteiger charge is 1.34. The van der Waals surface area contributed by atoms with E-state index in [1.165, 1.54) is 0 Å². The van der Waals surface area contributed by atoms with Gasteiger partial charge in [-0.3, -0.25) is 0 Å². The van der Waals surface area contributed by atoms with Crippen LogP contribution in [-0.4, -0.2) is 17.7 Å². The second-order valence-corrected chi connectivity index (χ2v) is 6.36. The lowest BCUT2D eigenvalue weighted by molar-refractivity contribution is 2.32. The summed E-state index contributed by atoms with van der Waals surface area (Å²) in [6, 6.07) is 0. The van der Waals surface area contributed by atoms with Gasteiger partial charge < -0.3 is 0 Å². The Morgan fingerprint density at radius 1 is 0.417 bits per heavy atom. The third-order valence-corrected chi connectivity index (χ3v) is 0. The van der Waals surface area contributed by atoms with Gasteiger partial charge in [-0.05, 0) is 17.7 Å². The third kappa shape index (κ3) is 253. The fourth-order valence-corrected chi connectivity index (χ4v) is 0. The van der Waals surface area contributed by atoms with Crippen LogP contribution in [0.2, 0.25) is 0 Å². The second kappa shape index (κ2) is 69.0. The Labute approximate surface area is 95.6 Å². The summed E-state index contributed by atoms with van der Waals surface area (Å²) in [6.45, 7) is 0. The van der Waals surface area contributed by atoms with Crippen LogP contribution in [0.25, 0.3) is 0 Å². The maximum atomic E-state index is 2.54. The van der Waals surface area contributed by atoms with Gasteiger partial charge in [0.1, 0.15) is 0 Å². The molecule has 0 heterocycles. The largest absolute Gasteiger partial charge is 0.134 e. The summed E-state index contributed by atoms with van der Waals surface area (Å²) < 4.78 is 0. The normalized spacial score (nSPS) is 4.50. The van der Waals surface area contributed by atoms with E-state index < -0.39 is 0 Å². The monoisotopic (exact) mass is 288 g/mol. The summed E-state index contributed by atoms with van der Waals surface area (Å²) in [6.07, 6.45) is 0. The second-order valence-electron chi connectivity index (χ2n) is 0.707. The lowest BCUT2D eigenvalue weighted by Gasteiger charge is -1.49. The molecule has 0 fully saturated rings. The fourth-order valence-electron chi connectivity index (χ4n) is 0. The smallest absolute Gasteiger partial charge is 0.0231 e. The van der Waals surface area contributed by atoms with Crippen molar-refractivity contribution in [3.63, 3.8) is 0 Å². The van der Waals surface area contributed by atoms with Crippen molar-refractivity contribution in [2.24, 2.45) is 0 Å². The summed E-state index contributed by atoms with van der Waals surface area (Å²) in [5, 5.41) is 0. The SMILES string of the molecule is C.C.C.PCP.PCP.PCP. The number of rotatable bonds is 0. The molecule has 0 rings (SSSR count). The molecule has 84 valence electrons. The highest BCUT2D eigenvalue weighted by molar-refractivity contribution is 7.36. The molecule has 0 radical (unpaired) electrons. The van der Waals surface area contributed by atoms with E-state index in [4.69, 9.17) is 0 Å². The zero-order chi connectivity index (χ0) is 8.12. The van der Waals surface area contributed by atoms with Crippen LogP contribution in [0, 0.1) is 0 Å². The molecular weight excluding hydrogens is 258 g/mol. The van der Waals surface area contributed by atoms with Crippen LogP contribution >= 0.6 is 55.4 Å². The van der Waals surface area contributed by atoms with Crippen molar-refractivity contribution in [2.75, 3.05) is 17.7 Å². The van der Waals surface area contributed by atoms with Crippen LogP contribution in [-0.2, 0) is 0 Å². The zero-order valence-electron chi connectivity index (χ0n) is 5.59. The van der Waals surface area contributed by atoms with Gasteiger partial charge in [0.25, 0.3) is 0 Å². The molecule has 0 N–H and O–H groups in total. The van der Waals surface area contributed by atoms with E-state index in [0.717, 1.165) is 17.7 Å². The number of hydrogen-bond acceptors (Lipinski definition) is 0. The molecule has 0 saturated heterocycles. The first-order valence-electron chi connectivity index (χ1n) is 2.45. The number of hydrogen-bond donors (Lipinski definition) is 0. The molecule has 0 bridgehead atoms. The van der Waals surface area contributed by atoms with Crippen LogP contribution in [0.4, 0.5) is 0 Å². The molecule has 0 saturated carbocycles. The van der Waals surface area contributed by atoms with Crippen molar-refractivity contribution >= 4 is 55.4 Å². The highest BCUT2D eigenvalue weighted by Crippen LogP contribution is 1.85. The Morgan fingerprint density at radius 3 is 0.417 bits per heavy atom. The topological polar surface area (TPSA) is 0 Å². The Bertz CT molecular complexity index is 16.8. The van der Waals surface area contributed by atoms with Crippen LogP contribution in [0.5, 0.6) is 0 Å². The summed E-state index contributed by atoms with van der Waals surface area (Å²) >= 11 is 0. The Hall–Kier alpha value is 2.58. The molecule has 0 spiro atoms. The minimum Gasteiger partial charge on any atom is -0.134 e. The van der Waals surface area contributed by atoms with Crippen molar-refractivity contribution in [3.8, 4) is 0 Å². The van der Waals surface area contributed by atoms with E-state index >= 15 is 0 Å². The lowest BCUT2D eigenvalue weighted by Crippen LogP contribution is -1.18. The van der Waals surface area contributed by atoms with Gasteiger partial charge in [0.2, 0.25) is 0 Å². The van der Waals surface area contributed by atoms with E-state index in [2.05, 4.69) is 55.4 Å². The maximum Gasteiger partial charge on any atom is -0.0231 e. The van der Waals surface area contributed by atoms with E-state index in [1.807, 2.05) is 0 Å². The molecule has 0 aromatic rings. The Balaban J connectivity index is -0.00000001000. The molecule has 0 aromatic heterocycles. The van der Waals surface area contributed by atoms with E-state index in [-0.39, 0.29) is 22.3 Å². The first-order valence-corrected chi connectivity index (χ1v) is 7.35. The standard InChI is InChI=1S/3CH6P2.3CH4/c3*2-1-3;;;/h3*1-3H2;3*1H4.